The van der Waals surface area contributed by atoms with E-state index in [2.05, 4.69) is 36.6 Å². The largest absolute Gasteiger partial charge is 1.00 e. The van der Waals surface area contributed by atoms with Crippen molar-refractivity contribution in [2.24, 2.45) is 0 Å². The zero-order valence-corrected chi connectivity index (χ0v) is 45.6. The van der Waals surface area contributed by atoms with Crippen LogP contribution in [-0.4, -0.2) is 100.0 Å². The van der Waals surface area contributed by atoms with Gasteiger partial charge in [0.25, 0.3) is 23.6 Å². The number of rotatable bonds is 11. The van der Waals surface area contributed by atoms with Crippen molar-refractivity contribution in [2.45, 2.75) is 12.8 Å². The van der Waals surface area contributed by atoms with E-state index >= 15 is 0 Å². The quantitative estimate of drug-likeness (QED) is 0.0362. The van der Waals surface area contributed by atoms with E-state index < -0.39 is 23.6 Å². The number of hydrogen-bond acceptors (Lipinski definition) is 11. The monoisotopic (exact) mass is 1160 g/mol. The van der Waals surface area contributed by atoms with Gasteiger partial charge in [0, 0.05) is 56.4 Å². The first-order chi connectivity index (χ1) is 33.2. The molecule has 0 spiro atoms. The second-order valence-electron chi connectivity index (χ2n) is 14.6. The molecule has 23 heteroatoms. The maximum absolute atomic E-state index is 12.9. The maximum atomic E-state index is 12.9. The fourth-order valence-corrected chi connectivity index (χ4v) is 6.02. The molecule has 4 aromatic carbocycles. The van der Waals surface area contributed by atoms with Gasteiger partial charge in [-0.25, -0.2) is 9.97 Å². The molecule has 1 aliphatic heterocycles. The van der Waals surface area contributed by atoms with Gasteiger partial charge in [-0.05, 0) is 110 Å². The van der Waals surface area contributed by atoms with Crippen LogP contribution in [0.5, 0.6) is 11.5 Å². The standard InChI is InChI=1S/C23H22ClN5O3.C21H15ClN4O3.C4H8O.C2H6N.ClH.FH.HI.Li/c1-29(2)21(25)14-4-6-15(7-5-14)22(30)27-19-10-9-17(32-3)12-18(19)23(31)28-20-11-8-16(24)13-26-20;1-29-16-7-8-18(25-20(27)14-4-2-13(11-23)3-5-14)17(10-16)21(28)26-19-9-6-15(22)12-24-19;1-2-4-5-3-1;1-3-2;;;;/h4-13,25H,1-3H3,(H,27,30)(H,26,28,31);2-10,12H,1H3,(H,25,27)(H,24,26,28);1-4H2;1-2H3;3*1H;/q;;;-1;;;;+1. The van der Waals surface area contributed by atoms with Gasteiger partial charge < -0.3 is 45.7 Å². The first kappa shape index (κ1) is 66.7. The summed E-state index contributed by atoms with van der Waals surface area (Å²) in [5, 5.41) is 32.1. The molecular formula is C50H54Cl3FILiN10O7. The molecule has 7 rings (SSSR count). The van der Waals surface area contributed by atoms with E-state index in [-0.39, 0.29) is 71.1 Å². The Morgan fingerprint density at radius 3 is 1.36 bits per heavy atom. The Labute approximate surface area is 469 Å². The number of amides is 4. The number of methoxy groups -OCH3 is 2. The zero-order valence-electron chi connectivity index (χ0n) is 40.9. The van der Waals surface area contributed by atoms with E-state index in [1.54, 1.807) is 118 Å². The van der Waals surface area contributed by atoms with Crippen LogP contribution in [0.1, 0.15) is 65.4 Å². The average molecular weight is 1170 g/mol. The predicted octanol–water partition coefficient (Wildman–Crippen LogP) is 7.87. The van der Waals surface area contributed by atoms with E-state index in [0.29, 0.717) is 72.6 Å². The molecule has 5 N–H and O–H groups in total. The number of carbonyl (C=O) groups excluding carboxylic acids is 4. The number of aromatic nitrogens is 2. The van der Waals surface area contributed by atoms with Gasteiger partial charge in [-0.2, -0.15) is 19.4 Å². The first-order valence-electron chi connectivity index (χ1n) is 21.0. The van der Waals surface area contributed by atoms with Crippen LogP contribution < -0.4 is 49.6 Å². The second-order valence-corrected chi connectivity index (χ2v) is 15.5. The Morgan fingerprint density at radius 2 is 1.04 bits per heavy atom. The molecule has 0 atom stereocenters. The van der Waals surface area contributed by atoms with Crippen LogP contribution in [0.25, 0.3) is 5.32 Å². The number of nitriles is 1. The van der Waals surface area contributed by atoms with E-state index in [9.17, 15) is 19.2 Å². The van der Waals surface area contributed by atoms with Crippen molar-refractivity contribution in [3.05, 3.63) is 170 Å². The summed E-state index contributed by atoms with van der Waals surface area (Å²) < 4.78 is 15.3. The average Bonchev–Trinajstić information content (AvgIpc) is 3.97. The van der Waals surface area contributed by atoms with Crippen molar-refractivity contribution in [3.8, 4) is 17.6 Å². The van der Waals surface area contributed by atoms with Crippen LogP contribution in [-0.2, 0) is 4.74 Å². The van der Waals surface area contributed by atoms with E-state index in [1.165, 1.54) is 63.7 Å². The number of benzene rings is 4. The number of hydrogen-bond donors (Lipinski definition) is 5. The molecule has 4 amide bonds. The molecule has 2 aromatic heterocycles. The van der Waals surface area contributed by atoms with Crippen molar-refractivity contribution in [1.29, 1.82) is 10.7 Å². The third kappa shape index (κ3) is 21.7. The molecule has 6 aromatic rings. The fraction of sp³-hybridized carbons (Fsp3) is 0.200. The molecule has 1 aliphatic rings. The molecule has 73 heavy (non-hydrogen) atoms. The molecule has 1 fully saturated rings. The van der Waals surface area contributed by atoms with Gasteiger partial charge in [-0.1, -0.05) is 35.3 Å². The molecule has 1 saturated heterocycles. The summed E-state index contributed by atoms with van der Waals surface area (Å²) in [5.41, 5.74) is 2.89. The Kier molecular flexibility index (Phi) is 31.9. The van der Waals surface area contributed by atoms with Crippen molar-refractivity contribution in [1.82, 2.24) is 14.9 Å². The van der Waals surface area contributed by atoms with E-state index in [4.69, 9.17) is 48.1 Å². The van der Waals surface area contributed by atoms with Crippen molar-refractivity contribution < 1.29 is 57.0 Å². The van der Waals surface area contributed by atoms with Crippen LogP contribution in [0.4, 0.5) is 27.7 Å². The van der Waals surface area contributed by atoms with Gasteiger partial charge in [0.2, 0.25) is 0 Å². The molecule has 0 bridgehead atoms. The van der Waals surface area contributed by atoms with Crippen LogP contribution in [0.3, 0.4) is 0 Å². The van der Waals surface area contributed by atoms with Crippen LogP contribution in [0.2, 0.25) is 10.0 Å². The van der Waals surface area contributed by atoms with Crippen LogP contribution in [0, 0.1) is 16.7 Å². The number of nitrogens with one attached hydrogen (secondary N) is 5. The number of anilines is 4. The minimum Gasteiger partial charge on any atom is -0.668 e. The first-order valence-corrected chi connectivity index (χ1v) is 21.7. The number of ether oxygens (including phenoxy) is 3. The summed E-state index contributed by atoms with van der Waals surface area (Å²) in [6, 6.07) is 30.7. The summed E-state index contributed by atoms with van der Waals surface area (Å²) in [7, 11) is 10.0. The summed E-state index contributed by atoms with van der Waals surface area (Å²) in [4.78, 5) is 60.7. The van der Waals surface area contributed by atoms with E-state index in [0.717, 1.165) is 13.2 Å². The summed E-state index contributed by atoms with van der Waals surface area (Å²) in [6.07, 6.45) is 5.39. The van der Waals surface area contributed by atoms with Gasteiger partial charge >= 0.3 is 18.9 Å². The Balaban J connectivity index is 0.00000118. The number of amidine groups is 1. The number of halogens is 5. The molecule has 0 saturated carbocycles. The molecule has 0 unspecified atom stereocenters. The molecule has 0 radical (unpaired) electrons. The van der Waals surface area contributed by atoms with Gasteiger partial charge in [0.15, 0.2) is 0 Å². The summed E-state index contributed by atoms with van der Waals surface area (Å²) >= 11 is 11.6. The molecule has 0 aliphatic carbocycles. The third-order valence-corrected chi connectivity index (χ3v) is 9.80. The Bertz CT molecular complexity index is 2730. The van der Waals surface area contributed by atoms with Crippen molar-refractivity contribution >= 4 is 112 Å². The zero-order chi connectivity index (χ0) is 50.3. The second kappa shape index (κ2) is 34.9. The van der Waals surface area contributed by atoms with Crippen molar-refractivity contribution in [3.63, 3.8) is 0 Å². The van der Waals surface area contributed by atoms with Gasteiger partial charge in [0.05, 0.1) is 58.4 Å². The predicted molar refractivity (Wildman–Crippen MR) is 295 cm³/mol. The van der Waals surface area contributed by atoms with E-state index in [1.807, 2.05) is 6.07 Å². The molecule has 17 nitrogen and oxygen atoms in total. The SMILES string of the molecule is C1CCOC1.COc1ccc(NC(=O)c2ccc(C#N)cc2)c(C(=O)Nc2ccc(Cl)cn2)c1.COc1ccc(NC(=O)c2ccc(C(=N)N(C)C)cc2)c(C(=O)Nc2ccc(Cl)cn2)c1.C[N-]C.Cl.F.I.[Li+]. The van der Waals surface area contributed by atoms with Gasteiger partial charge in [-0.3, -0.25) is 29.3 Å². The maximum Gasteiger partial charge on any atom is 1.00 e. The minimum atomic E-state index is -0.478. The third-order valence-electron chi connectivity index (χ3n) is 9.35. The van der Waals surface area contributed by atoms with Crippen LogP contribution >= 0.6 is 59.6 Å². The number of pyridine rings is 2. The Hall–Kier alpha value is -6.33. The molecule has 382 valence electrons. The molecular weight excluding hydrogens is 1110 g/mol. The van der Waals surface area contributed by atoms with Gasteiger partial charge in [-0.15, -0.1) is 36.4 Å². The fourth-order valence-electron chi connectivity index (χ4n) is 5.79. The molecule has 3 heterocycles. The number of nitrogens with zero attached hydrogens (tertiary/aromatic N) is 5. The Morgan fingerprint density at radius 1 is 0.658 bits per heavy atom. The summed E-state index contributed by atoms with van der Waals surface area (Å²) in [6.45, 7) is 2.00. The minimum absolute atomic E-state index is 0. The number of carbonyl (C=O) groups is 4. The normalized spacial score (nSPS) is 10.3. The topological polar surface area (TPSA) is 235 Å². The summed E-state index contributed by atoms with van der Waals surface area (Å²) in [5.74, 6) is 0.124. The van der Waals surface area contributed by atoms with Gasteiger partial charge in [0.1, 0.15) is 29.0 Å². The smallest absolute Gasteiger partial charge is 0.668 e. The van der Waals surface area contributed by atoms with Crippen LogP contribution in [0.15, 0.2) is 122 Å². The van der Waals surface area contributed by atoms with Crippen molar-refractivity contribution in [2.75, 3.05) is 76.9 Å².